The average Bonchev–Trinajstić information content (AvgIpc) is 2.62. The molecule has 0 aliphatic carbocycles. The quantitative estimate of drug-likeness (QED) is 0.825. The minimum Gasteiger partial charge on any atom is -0.396 e. The molecule has 1 aliphatic rings. The van der Waals surface area contributed by atoms with E-state index < -0.39 is 5.41 Å². The van der Waals surface area contributed by atoms with Gasteiger partial charge in [-0.3, -0.25) is 4.79 Å². The molecule has 6 heteroatoms. The summed E-state index contributed by atoms with van der Waals surface area (Å²) in [5.41, 5.74) is 11.3. The largest absolute Gasteiger partial charge is 0.396 e. The number of pyridine rings is 1. The maximum absolute atomic E-state index is 11.4. The molecule has 1 amide bonds. The van der Waals surface area contributed by atoms with Crippen LogP contribution in [0.2, 0.25) is 5.02 Å². The molecule has 0 aromatic carbocycles. The van der Waals surface area contributed by atoms with Gasteiger partial charge in [0, 0.05) is 19.3 Å². The molecular weight excluding hydrogens is 240 g/mol. The van der Waals surface area contributed by atoms with Gasteiger partial charge in [-0.15, -0.1) is 0 Å². The fourth-order valence-corrected chi connectivity index (χ4v) is 2.22. The SMILES string of the molecule is CC1(C(N)=O)CCN(c2ncc(Cl)cc2N)C1. The highest BCUT2D eigenvalue weighted by Crippen LogP contribution is 2.34. The van der Waals surface area contributed by atoms with Crippen LogP contribution in [0.25, 0.3) is 0 Å². The number of nitrogen functional groups attached to an aromatic ring is 1. The monoisotopic (exact) mass is 254 g/mol. The van der Waals surface area contributed by atoms with Crippen molar-refractivity contribution >= 4 is 29.0 Å². The first kappa shape index (κ1) is 12.0. The van der Waals surface area contributed by atoms with E-state index in [1.807, 2.05) is 11.8 Å². The van der Waals surface area contributed by atoms with Crippen molar-refractivity contribution in [3.05, 3.63) is 17.3 Å². The van der Waals surface area contributed by atoms with E-state index in [0.717, 1.165) is 6.54 Å². The predicted molar refractivity (Wildman–Crippen MR) is 67.8 cm³/mol. The highest BCUT2D eigenvalue weighted by atomic mass is 35.5. The van der Waals surface area contributed by atoms with E-state index in [0.29, 0.717) is 29.5 Å². The van der Waals surface area contributed by atoms with Crippen molar-refractivity contribution in [3.63, 3.8) is 0 Å². The zero-order chi connectivity index (χ0) is 12.6. The first-order valence-corrected chi connectivity index (χ1v) is 5.76. The fraction of sp³-hybridized carbons (Fsp3) is 0.455. The third-order valence-corrected chi connectivity index (χ3v) is 3.44. The Bertz CT molecular complexity index is 465. The zero-order valence-corrected chi connectivity index (χ0v) is 10.4. The molecular formula is C11H15ClN4O. The number of anilines is 2. The molecule has 0 saturated carbocycles. The lowest BCUT2D eigenvalue weighted by atomic mass is 9.89. The summed E-state index contributed by atoms with van der Waals surface area (Å²) >= 11 is 5.79. The van der Waals surface area contributed by atoms with Gasteiger partial charge in [0.1, 0.15) is 0 Å². The Morgan fingerprint density at radius 2 is 2.35 bits per heavy atom. The van der Waals surface area contributed by atoms with Crippen molar-refractivity contribution in [1.82, 2.24) is 4.98 Å². The molecule has 1 fully saturated rings. The molecule has 4 N–H and O–H groups in total. The number of carbonyl (C=O) groups excluding carboxylic acids is 1. The maximum Gasteiger partial charge on any atom is 0.225 e. The first-order chi connectivity index (χ1) is 7.92. The zero-order valence-electron chi connectivity index (χ0n) is 9.61. The van der Waals surface area contributed by atoms with Crippen LogP contribution in [0, 0.1) is 5.41 Å². The number of hydrogen-bond donors (Lipinski definition) is 2. The Balaban J connectivity index is 2.24. The van der Waals surface area contributed by atoms with Crippen LogP contribution in [-0.4, -0.2) is 24.0 Å². The summed E-state index contributed by atoms with van der Waals surface area (Å²) in [5, 5.41) is 0.503. The van der Waals surface area contributed by atoms with Gasteiger partial charge in [0.2, 0.25) is 5.91 Å². The van der Waals surface area contributed by atoms with Gasteiger partial charge in [-0.25, -0.2) is 4.98 Å². The van der Waals surface area contributed by atoms with E-state index in [1.54, 1.807) is 12.3 Å². The topological polar surface area (TPSA) is 85.2 Å². The fourth-order valence-electron chi connectivity index (χ4n) is 2.05. The van der Waals surface area contributed by atoms with Crippen molar-refractivity contribution in [2.24, 2.45) is 11.1 Å². The highest BCUT2D eigenvalue weighted by molar-refractivity contribution is 6.30. The van der Waals surface area contributed by atoms with Crippen LogP contribution in [0.15, 0.2) is 12.3 Å². The average molecular weight is 255 g/mol. The number of primary amides is 1. The van der Waals surface area contributed by atoms with Crippen LogP contribution in [0.1, 0.15) is 13.3 Å². The van der Waals surface area contributed by atoms with E-state index in [4.69, 9.17) is 23.1 Å². The lowest BCUT2D eigenvalue weighted by Crippen LogP contribution is -2.37. The molecule has 92 valence electrons. The standard InChI is InChI=1S/C11H15ClN4O/c1-11(10(14)17)2-3-16(6-11)9-8(13)4-7(12)5-15-9/h4-5H,2-3,6,13H2,1H3,(H2,14,17). The highest BCUT2D eigenvalue weighted by Gasteiger charge is 2.39. The maximum atomic E-state index is 11.4. The Labute approximate surface area is 105 Å². The molecule has 1 aromatic rings. The van der Waals surface area contributed by atoms with Gasteiger partial charge in [-0.1, -0.05) is 11.6 Å². The molecule has 0 radical (unpaired) electrons. The first-order valence-electron chi connectivity index (χ1n) is 5.38. The van der Waals surface area contributed by atoms with Gasteiger partial charge >= 0.3 is 0 Å². The van der Waals surface area contributed by atoms with Crippen molar-refractivity contribution in [1.29, 1.82) is 0 Å². The molecule has 0 bridgehead atoms. The molecule has 1 saturated heterocycles. The van der Waals surface area contributed by atoms with Gasteiger partial charge in [0.05, 0.1) is 16.1 Å². The van der Waals surface area contributed by atoms with Gasteiger partial charge in [-0.2, -0.15) is 0 Å². The molecule has 1 unspecified atom stereocenters. The van der Waals surface area contributed by atoms with Gasteiger partial charge < -0.3 is 16.4 Å². The number of carbonyl (C=O) groups is 1. The van der Waals surface area contributed by atoms with Crippen molar-refractivity contribution in [2.75, 3.05) is 23.7 Å². The molecule has 1 aliphatic heterocycles. The summed E-state index contributed by atoms with van der Waals surface area (Å²) in [6, 6.07) is 1.66. The van der Waals surface area contributed by atoms with E-state index in [9.17, 15) is 4.79 Å². The summed E-state index contributed by atoms with van der Waals surface area (Å²) in [5.74, 6) is 0.381. The third-order valence-electron chi connectivity index (χ3n) is 3.23. The lowest BCUT2D eigenvalue weighted by Gasteiger charge is -2.22. The summed E-state index contributed by atoms with van der Waals surface area (Å²) in [4.78, 5) is 17.5. The molecule has 1 atom stereocenters. The van der Waals surface area contributed by atoms with Gasteiger partial charge in [0.25, 0.3) is 0 Å². The number of aromatic nitrogens is 1. The van der Waals surface area contributed by atoms with Crippen molar-refractivity contribution < 1.29 is 4.79 Å². The summed E-state index contributed by atoms with van der Waals surface area (Å²) in [6.07, 6.45) is 2.26. The Morgan fingerprint density at radius 3 is 2.88 bits per heavy atom. The van der Waals surface area contributed by atoms with Crippen LogP contribution in [0.3, 0.4) is 0 Å². The Kier molecular flexibility index (Phi) is 2.87. The molecule has 2 rings (SSSR count). The number of nitrogens with two attached hydrogens (primary N) is 2. The van der Waals surface area contributed by atoms with E-state index >= 15 is 0 Å². The normalized spacial score (nSPS) is 24.0. The number of halogens is 1. The number of amides is 1. The molecule has 1 aromatic heterocycles. The van der Waals surface area contributed by atoms with E-state index in [1.165, 1.54) is 0 Å². The Hall–Kier alpha value is -1.49. The minimum absolute atomic E-state index is 0.285. The van der Waals surface area contributed by atoms with E-state index in [-0.39, 0.29) is 5.91 Å². The Morgan fingerprint density at radius 1 is 1.65 bits per heavy atom. The number of nitrogens with zero attached hydrogens (tertiary/aromatic N) is 2. The second kappa shape index (κ2) is 4.07. The number of rotatable bonds is 2. The predicted octanol–water partition coefficient (Wildman–Crippen LogP) is 1.02. The van der Waals surface area contributed by atoms with Gasteiger partial charge in [0.15, 0.2) is 5.82 Å². The van der Waals surface area contributed by atoms with Crippen LogP contribution in [-0.2, 0) is 4.79 Å². The smallest absolute Gasteiger partial charge is 0.225 e. The minimum atomic E-state index is -0.506. The van der Waals surface area contributed by atoms with Crippen molar-refractivity contribution in [2.45, 2.75) is 13.3 Å². The summed E-state index contributed by atoms with van der Waals surface area (Å²) < 4.78 is 0. The summed E-state index contributed by atoms with van der Waals surface area (Å²) in [7, 11) is 0. The second-order valence-electron chi connectivity index (χ2n) is 4.66. The van der Waals surface area contributed by atoms with Crippen LogP contribution in [0.5, 0.6) is 0 Å². The second-order valence-corrected chi connectivity index (χ2v) is 5.10. The summed E-state index contributed by atoms with van der Waals surface area (Å²) in [6.45, 7) is 3.13. The molecule has 0 spiro atoms. The van der Waals surface area contributed by atoms with Crippen LogP contribution < -0.4 is 16.4 Å². The molecule has 5 nitrogen and oxygen atoms in total. The lowest BCUT2D eigenvalue weighted by molar-refractivity contribution is -0.125. The van der Waals surface area contributed by atoms with E-state index in [2.05, 4.69) is 4.98 Å². The van der Waals surface area contributed by atoms with Crippen LogP contribution in [0.4, 0.5) is 11.5 Å². The number of hydrogen-bond acceptors (Lipinski definition) is 4. The third kappa shape index (κ3) is 2.15. The van der Waals surface area contributed by atoms with Crippen LogP contribution >= 0.6 is 11.6 Å². The van der Waals surface area contributed by atoms with Crippen molar-refractivity contribution in [3.8, 4) is 0 Å². The molecule has 17 heavy (non-hydrogen) atoms. The van der Waals surface area contributed by atoms with Gasteiger partial charge in [-0.05, 0) is 19.4 Å². The molecule has 2 heterocycles.